The SMILES string of the molecule is COc1ccc(CNCc2ccc(S(=O)(=O)N(C)C(C)C)cc2)cc1. The molecule has 0 aliphatic heterocycles. The zero-order chi connectivity index (χ0) is 18.4. The number of sulfonamides is 1. The van der Waals surface area contributed by atoms with Crippen LogP contribution in [0.2, 0.25) is 0 Å². The van der Waals surface area contributed by atoms with Crippen LogP contribution in [0.15, 0.2) is 53.4 Å². The maximum Gasteiger partial charge on any atom is 0.243 e. The lowest BCUT2D eigenvalue weighted by atomic mass is 10.2. The largest absolute Gasteiger partial charge is 0.497 e. The van der Waals surface area contributed by atoms with Gasteiger partial charge in [-0.15, -0.1) is 0 Å². The molecule has 0 saturated carbocycles. The number of hydrogen-bond donors (Lipinski definition) is 1. The molecule has 0 spiro atoms. The van der Waals surface area contributed by atoms with Gasteiger partial charge in [-0.3, -0.25) is 0 Å². The highest BCUT2D eigenvalue weighted by atomic mass is 32.2. The van der Waals surface area contributed by atoms with Crippen molar-refractivity contribution in [2.45, 2.75) is 37.9 Å². The van der Waals surface area contributed by atoms with Crippen LogP contribution in [0.3, 0.4) is 0 Å². The summed E-state index contributed by atoms with van der Waals surface area (Å²) in [5, 5.41) is 3.35. The van der Waals surface area contributed by atoms with Gasteiger partial charge in [-0.2, -0.15) is 4.31 Å². The van der Waals surface area contributed by atoms with Gasteiger partial charge in [0.05, 0.1) is 12.0 Å². The van der Waals surface area contributed by atoms with Crippen LogP contribution in [0.4, 0.5) is 0 Å². The maximum atomic E-state index is 12.4. The molecule has 0 bridgehead atoms. The number of hydrogen-bond acceptors (Lipinski definition) is 4. The molecule has 0 amide bonds. The van der Waals surface area contributed by atoms with Gasteiger partial charge in [0.2, 0.25) is 10.0 Å². The fourth-order valence-corrected chi connectivity index (χ4v) is 3.69. The van der Waals surface area contributed by atoms with E-state index in [1.807, 2.05) is 50.2 Å². The van der Waals surface area contributed by atoms with Gasteiger partial charge in [0, 0.05) is 26.2 Å². The molecule has 2 aromatic rings. The lowest BCUT2D eigenvalue weighted by molar-refractivity contribution is 0.410. The van der Waals surface area contributed by atoms with Crippen molar-refractivity contribution in [3.63, 3.8) is 0 Å². The third-order valence-electron chi connectivity index (χ3n) is 4.14. The van der Waals surface area contributed by atoms with Crippen molar-refractivity contribution in [1.29, 1.82) is 0 Å². The van der Waals surface area contributed by atoms with E-state index in [0.717, 1.165) is 17.9 Å². The molecule has 0 aromatic heterocycles. The standard InChI is InChI=1S/C19H26N2O3S/c1-15(2)21(3)25(22,23)19-11-7-17(8-12-19)14-20-13-16-5-9-18(24-4)10-6-16/h5-12,15,20H,13-14H2,1-4H3. The van der Waals surface area contributed by atoms with Gasteiger partial charge in [-0.05, 0) is 49.2 Å². The number of methoxy groups -OCH3 is 1. The zero-order valence-corrected chi connectivity index (χ0v) is 16.0. The summed E-state index contributed by atoms with van der Waals surface area (Å²) in [6, 6.07) is 14.9. The number of rotatable bonds is 8. The summed E-state index contributed by atoms with van der Waals surface area (Å²) in [5.74, 6) is 0.840. The van der Waals surface area contributed by atoms with Crippen molar-refractivity contribution in [2.75, 3.05) is 14.2 Å². The molecule has 2 aromatic carbocycles. The van der Waals surface area contributed by atoms with Crippen molar-refractivity contribution in [1.82, 2.24) is 9.62 Å². The van der Waals surface area contributed by atoms with E-state index in [2.05, 4.69) is 5.32 Å². The molecule has 0 atom stereocenters. The first kappa shape index (κ1) is 19.4. The summed E-state index contributed by atoms with van der Waals surface area (Å²) in [4.78, 5) is 0.322. The smallest absolute Gasteiger partial charge is 0.243 e. The summed E-state index contributed by atoms with van der Waals surface area (Å²) in [6.45, 7) is 5.12. The highest BCUT2D eigenvalue weighted by molar-refractivity contribution is 7.89. The lowest BCUT2D eigenvalue weighted by Crippen LogP contribution is -2.33. The van der Waals surface area contributed by atoms with Gasteiger partial charge in [0.15, 0.2) is 0 Å². The molecule has 1 N–H and O–H groups in total. The van der Waals surface area contributed by atoms with Crippen LogP contribution in [0.5, 0.6) is 5.75 Å². The van der Waals surface area contributed by atoms with Gasteiger partial charge in [0.25, 0.3) is 0 Å². The van der Waals surface area contributed by atoms with Crippen molar-refractivity contribution >= 4 is 10.0 Å². The summed E-state index contributed by atoms with van der Waals surface area (Å²) in [5.41, 5.74) is 2.21. The van der Waals surface area contributed by atoms with E-state index in [9.17, 15) is 8.42 Å². The molecule has 0 aliphatic carbocycles. The first-order valence-electron chi connectivity index (χ1n) is 8.25. The summed E-state index contributed by atoms with van der Waals surface area (Å²) >= 11 is 0. The Kier molecular flexibility index (Phi) is 6.58. The number of nitrogens with one attached hydrogen (secondary N) is 1. The Labute approximate surface area is 150 Å². The molecule has 5 nitrogen and oxygen atoms in total. The van der Waals surface area contributed by atoms with Crippen LogP contribution in [-0.2, 0) is 23.1 Å². The quantitative estimate of drug-likeness (QED) is 0.784. The monoisotopic (exact) mass is 362 g/mol. The second-order valence-electron chi connectivity index (χ2n) is 6.21. The minimum Gasteiger partial charge on any atom is -0.497 e. The molecular weight excluding hydrogens is 336 g/mol. The molecule has 25 heavy (non-hydrogen) atoms. The third kappa shape index (κ3) is 5.04. The predicted octanol–water partition coefficient (Wildman–Crippen LogP) is 3.01. The van der Waals surface area contributed by atoms with Gasteiger partial charge in [-0.1, -0.05) is 24.3 Å². The number of ether oxygens (including phenoxy) is 1. The summed E-state index contributed by atoms with van der Waals surface area (Å²) in [7, 11) is -0.174. The highest BCUT2D eigenvalue weighted by Gasteiger charge is 2.22. The zero-order valence-electron chi connectivity index (χ0n) is 15.2. The Morgan fingerprint density at radius 1 is 0.960 bits per heavy atom. The van der Waals surface area contributed by atoms with Crippen LogP contribution in [-0.4, -0.2) is 32.9 Å². The normalized spacial score (nSPS) is 11.9. The Balaban J connectivity index is 1.94. The predicted molar refractivity (Wildman–Crippen MR) is 100 cm³/mol. The average molecular weight is 362 g/mol. The van der Waals surface area contributed by atoms with E-state index < -0.39 is 10.0 Å². The van der Waals surface area contributed by atoms with E-state index >= 15 is 0 Å². The average Bonchev–Trinajstić information content (AvgIpc) is 2.62. The number of benzene rings is 2. The van der Waals surface area contributed by atoms with E-state index in [1.165, 1.54) is 9.87 Å². The van der Waals surface area contributed by atoms with E-state index in [0.29, 0.717) is 11.4 Å². The Hall–Kier alpha value is -1.89. The molecule has 136 valence electrons. The molecule has 0 fully saturated rings. The van der Waals surface area contributed by atoms with Gasteiger partial charge in [-0.25, -0.2) is 8.42 Å². The summed E-state index contributed by atoms with van der Waals surface area (Å²) < 4.78 is 31.4. The van der Waals surface area contributed by atoms with Gasteiger partial charge >= 0.3 is 0 Å². The maximum absolute atomic E-state index is 12.4. The first-order chi connectivity index (χ1) is 11.8. The van der Waals surface area contributed by atoms with E-state index in [1.54, 1.807) is 26.3 Å². The fourth-order valence-electron chi connectivity index (χ4n) is 2.32. The Bertz CT molecular complexity index is 769. The number of nitrogens with zero attached hydrogens (tertiary/aromatic N) is 1. The first-order valence-corrected chi connectivity index (χ1v) is 9.69. The van der Waals surface area contributed by atoms with Crippen LogP contribution >= 0.6 is 0 Å². The van der Waals surface area contributed by atoms with Crippen molar-refractivity contribution in [3.05, 3.63) is 59.7 Å². The van der Waals surface area contributed by atoms with Crippen LogP contribution < -0.4 is 10.1 Å². The second-order valence-corrected chi connectivity index (χ2v) is 8.21. The molecule has 2 rings (SSSR count). The molecule has 0 radical (unpaired) electrons. The lowest BCUT2D eigenvalue weighted by Gasteiger charge is -2.21. The molecule has 6 heteroatoms. The van der Waals surface area contributed by atoms with Crippen molar-refractivity contribution in [2.24, 2.45) is 0 Å². The van der Waals surface area contributed by atoms with Gasteiger partial charge in [0.1, 0.15) is 5.75 Å². The van der Waals surface area contributed by atoms with E-state index in [4.69, 9.17) is 4.74 Å². The second kappa shape index (κ2) is 8.47. The Morgan fingerprint density at radius 2 is 1.44 bits per heavy atom. The van der Waals surface area contributed by atoms with Crippen LogP contribution in [0.25, 0.3) is 0 Å². The van der Waals surface area contributed by atoms with Crippen LogP contribution in [0.1, 0.15) is 25.0 Å². The fraction of sp³-hybridized carbons (Fsp3) is 0.368. The molecule has 0 unspecified atom stereocenters. The molecule has 0 aliphatic rings. The topological polar surface area (TPSA) is 58.6 Å². The van der Waals surface area contributed by atoms with Gasteiger partial charge < -0.3 is 10.1 Å². The van der Waals surface area contributed by atoms with Crippen molar-refractivity contribution in [3.8, 4) is 5.75 Å². The molecule has 0 saturated heterocycles. The molecule has 0 heterocycles. The minimum absolute atomic E-state index is 0.0733. The highest BCUT2D eigenvalue weighted by Crippen LogP contribution is 2.17. The van der Waals surface area contributed by atoms with Crippen LogP contribution in [0, 0.1) is 0 Å². The molecular formula is C19H26N2O3S. The minimum atomic E-state index is -3.42. The van der Waals surface area contributed by atoms with E-state index in [-0.39, 0.29) is 6.04 Å². The Morgan fingerprint density at radius 3 is 1.88 bits per heavy atom. The summed E-state index contributed by atoms with van der Waals surface area (Å²) in [6.07, 6.45) is 0. The third-order valence-corrected chi connectivity index (χ3v) is 6.19. The van der Waals surface area contributed by atoms with Crippen molar-refractivity contribution < 1.29 is 13.2 Å².